The first kappa shape index (κ1) is 16.5. The van der Waals surface area contributed by atoms with Gasteiger partial charge in [0, 0.05) is 32.7 Å². The Balaban J connectivity index is 2.50. The second-order valence-electron chi connectivity index (χ2n) is 4.75. The molecule has 0 saturated heterocycles. The molecule has 1 aromatic rings. The summed E-state index contributed by atoms with van der Waals surface area (Å²) in [5.74, 6) is -1.08. The summed E-state index contributed by atoms with van der Waals surface area (Å²) in [4.78, 5) is 35.3. The first-order valence-corrected chi connectivity index (χ1v) is 6.40. The zero-order valence-electron chi connectivity index (χ0n) is 12.3. The SMILES string of the molecule is Cc1cc(NC(=O)NCCC(=O)N(C)C)ccc1C(=O)O. The summed E-state index contributed by atoms with van der Waals surface area (Å²) in [5.41, 5.74) is 1.24. The maximum atomic E-state index is 11.6. The van der Waals surface area contributed by atoms with Crippen LogP contribution in [0.1, 0.15) is 22.3 Å². The van der Waals surface area contributed by atoms with Crippen molar-refractivity contribution >= 4 is 23.6 Å². The Kier molecular flexibility index (Phi) is 5.71. The van der Waals surface area contributed by atoms with Crippen LogP contribution in [0.25, 0.3) is 0 Å². The molecule has 0 saturated carbocycles. The van der Waals surface area contributed by atoms with Gasteiger partial charge in [0.1, 0.15) is 0 Å². The van der Waals surface area contributed by atoms with E-state index in [9.17, 15) is 14.4 Å². The van der Waals surface area contributed by atoms with Gasteiger partial charge in [-0.15, -0.1) is 0 Å². The highest BCUT2D eigenvalue weighted by molar-refractivity contribution is 5.92. The number of rotatable bonds is 5. The van der Waals surface area contributed by atoms with Gasteiger partial charge in [-0.3, -0.25) is 4.79 Å². The Bertz CT molecular complexity index is 555. The number of hydrogen-bond acceptors (Lipinski definition) is 3. The topological polar surface area (TPSA) is 98.7 Å². The zero-order chi connectivity index (χ0) is 16.0. The molecule has 0 aromatic heterocycles. The number of carbonyl (C=O) groups excluding carboxylic acids is 2. The fourth-order valence-electron chi connectivity index (χ4n) is 1.66. The Hall–Kier alpha value is -2.57. The lowest BCUT2D eigenvalue weighted by atomic mass is 10.1. The van der Waals surface area contributed by atoms with Gasteiger partial charge < -0.3 is 20.6 Å². The minimum Gasteiger partial charge on any atom is -0.478 e. The average molecular weight is 293 g/mol. The van der Waals surface area contributed by atoms with Gasteiger partial charge in [-0.05, 0) is 30.7 Å². The molecule has 0 aliphatic carbocycles. The summed E-state index contributed by atoms with van der Waals surface area (Å²) in [5, 5.41) is 14.1. The van der Waals surface area contributed by atoms with Crippen LogP contribution >= 0.6 is 0 Å². The molecule has 21 heavy (non-hydrogen) atoms. The third kappa shape index (κ3) is 5.13. The van der Waals surface area contributed by atoms with E-state index in [2.05, 4.69) is 10.6 Å². The van der Waals surface area contributed by atoms with Gasteiger partial charge in [0.2, 0.25) is 5.91 Å². The maximum Gasteiger partial charge on any atom is 0.335 e. The van der Waals surface area contributed by atoms with E-state index < -0.39 is 12.0 Å². The molecule has 0 radical (unpaired) electrons. The summed E-state index contributed by atoms with van der Waals surface area (Å²) >= 11 is 0. The van der Waals surface area contributed by atoms with E-state index >= 15 is 0 Å². The highest BCUT2D eigenvalue weighted by atomic mass is 16.4. The van der Waals surface area contributed by atoms with Crippen LogP contribution in [-0.4, -0.2) is 48.6 Å². The first-order valence-electron chi connectivity index (χ1n) is 6.40. The van der Waals surface area contributed by atoms with Crippen molar-refractivity contribution in [3.63, 3.8) is 0 Å². The molecule has 3 amide bonds. The van der Waals surface area contributed by atoms with Crippen molar-refractivity contribution in [2.24, 2.45) is 0 Å². The normalized spacial score (nSPS) is 9.86. The van der Waals surface area contributed by atoms with E-state index in [4.69, 9.17) is 5.11 Å². The summed E-state index contributed by atoms with van der Waals surface area (Å²) < 4.78 is 0. The van der Waals surface area contributed by atoms with E-state index in [1.807, 2.05) is 0 Å². The van der Waals surface area contributed by atoms with Crippen LogP contribution in [0.4, 0.5) is 10.5 Å². The molecule has 0 fully saturated rings. The van der Waals surface area contributed by atoms with Crippen molar-refractivity contribution in [3.8, 4) is 0 Å². The number of amides is 3. The number of urea groups is 1. The van der Waals surface area contributed by atoms with Crippen LogP contribution < -0.4 is 10.6 Å². The van der Waals surface area contributed by atoms with Crippen molar-refractivity contribution < 1.29 is 19.5 Å². The average Bonchev–Trinajstić information content (AvgIpc) is 2.37. The molecule has 7 nitrogen and oxygen atoms in total. The lowest BCUT2D eigenvalue weighted by Gasteiger charge is -2.11. The molecule has 114 valence electrons. The monoisotopic (exact) mass is 293 g/mol. The fourth-order valence-corrected chi connectivity index (χ4v) is 1.66. The molecular formula is C14H19N3O4. The van der Waals surface area contributed by atoms with Gasteiger partial charge >= 0.3 is 12.0 Å². The molecule has 3 N–H and O–H groups in total. The molecule has 0 spiro atoms. The number of anilines is 1. The molecule has 0 unspecified atom stereocenters. The largest absolute Gasteiger partial charge is 0.478 e. The Morgan fingerprint density at radius 2 is 1.90 bits per heavy atom. The van der Waals surface area contributed by atoms with Gasteiger partial charge in [-0.25, -0.2) is 9.59 Å². The van der Waals surface area contributed by atoms with E-state index in [1.165, 1.54) is 17.0 Å². The van der Waals surface area contributed by atoms with Gasteiger partial charge in [-0.1, -0.05) is 0 Å². The number of nitrogens with one attached hydrogen (secondary N) is 2. The predicted octanol–water partition coefficient (Wildman–Crippen LogP) is 1.29. The zero-order valence-corrected chi connectivity index (χ0v) is 12.3. The Morgan fingerprint density at radius 1 is 1.24 bits per heavy atom. The van der Waals surface area contributed by atoms with Gasteiger partial charge in [0.05, 0.1) is 5.56 Å². The second-order valence-corrected chi connectivity index (χ2v) is 4.75. The van der Waals surface area contributed by atoms with Gasteiger partial charge in [0.25, 0.3) is 0 Å². The lowest BCUT2D eigenvalue weighted by molar-refractivity contribution is -0.128. The number of carboxylic acid groups (broad SMARTS) is 1. The van der Waals surface area contributed by atoms with Gasteiger partial charge in [0.15, 0.2) is 0 Å². The van der Waals surface area contributed by atoms with Crippen LogP contribution in [0.2, 0.25) is 0 Å². The third-order valence-electron chi connectivity index (χ3n) is 2.84. The second kappa shape index (κ2) is 7.28. The van der Waals surface area contributed by atoms with Crippen molar-refractivity contribution in [3.05, 3.63) is 29.3 Å². The van der Waals surface area contributed by atoms with E-state index in [0.717, 1.165) is 0 Å². The third-order valence-corrected chi connectivity index (χ3v) is 2.84. The molecule has 0 aliphatic heterocycles. The molecule has 1 rings (SSSR count). The highest BCUT2D eigenvalue weighted by Gasteiger charge is 2.09. The first-order chi connectivity index (χ1) is 9.81. The van der Waals surface area contributed by atoms with Crippen molar-refractivity contribution in [1.29, 1.82) is 0 Å². The standard InChI is InChI=1S/C14H19N3O4/c1-9-8-10(4-5-11(9)13(19)20)16-14(21)15-7-6-12(18)17(2)3/h4-5,8H,6-7H2,1-3H3,(H,19,20)(H2,15,16,21). The number of carboxylic acids is 1. The van der Waals surface area contributed by atoms with Crippen molar-refractivity contribution in [2.45, 2.75) is 13.3 Å². The minimum absolute atomic E-state index is 0.0723. The predicted molar refractivity (Wildman–Crippen MR) is 78.5 cm³/mol. The number of nitrogens with zero attached hydrogens (tertiary/aromatic N) is 1. The fraction of sp³-hybridized carbons (Fsp3) is 0.357. The molecular weight excluding hydrogens is 274 g/mol. The number of hydrogen-bond donors (Lipinski definition) is 3. The Labute approximate surface area is 122 Å². The quantitative estimate of drug-likeness (QED) is 0.762. The molecule has 7 heteroatoms. The lowest BCUT2D eigenvalue weighted by Crippen LogP contribution is -2.33. The van der Waals surface area contributed by atoms with E-state index in [0.29, 0.717) is 11.3 Å². The molecule has 1 aromatic carbocycles. The van der Waals surface area contributed by atoms with E-state index in [-0.39, 0.29) is 24.4 Å². The number of carbonyl (C=O) groups is 3. The summed E-state index contributed by atoms with van der Waals surface area (Å²) in [6.45, 7) is 1.89. The molecule has 0 heterocycles. The van der Waals surface area contributed by atoms with Crippen LogP contribution in [0, 0.1) is 6.92 Å². The van der Waals surface area contributed by atoms with Crippen LogP contribution in [0.3, 0.4) is 0 Å². The number of aromatic carboxylic acids is 1. The molecule has 0 bridgehead atoms. The Morgan fingerprint density at radius 3 is 2.43 bits per heavy atom. The van der Waals surface area contributed by atoms with Crippen molar-refractivity contribution in [1.82, 2.24) is 10.2 Å². The summed E-state index contributed by atoms with van der Waals surface area (Å²) in [7, 11) is 3.30. The van der Waals surface area contributed by atoms with Gasteiger partial charge in [-0.2, -0.15) is 0 Å². The number of benzene rings is 1. The maximum absolute atomic E-state index is 11.6. The van der Waals surface area contributed by atoms with Crippen LogP contribution in [-0.2, 0) is 4.79 Å². The summed E-state index contributed by atoms with van der Waals surface area (Å²) in [6, 6.07) is 4.08. The van der Waals surface area contributed by atoms with Crippen LogP contribution in [0.5, 0.6) is 0 Å². The van der Waals surface area contributed by atoms with Crippen LogP contribution in [0.15, 0.2) is 18.2 Å². The highest BCUT2D eigenvalue weighted by Crippen LogP contribution is 2.15. The van der Waals surface area contributed by atoms with Crippen molar-refractivity contribution in [2.75, 3.05) is 26.0 Å². The van der Waals surface area contributed by atoms with E-state index in [1.54, 1.807) is 27.1 Å². The number of aryl methyl sites for hydroxylation is 1. The smallest absolute Gasteiger partial charge is 0.335 e. The molecule has 0 atom stereocenters. The summed E-state index contributed by atoms with van der Waals surface area (Å²) in [6.07, 6.45) is 0.220. The minimum atomic E-state index is -1.01. The molecule has 0 aliphatic rings.